The van der Waals surface area contributed by atoms with Gasteiger partial charge in [-0.2, -0.15) is 18.3 Å². The molecule has 4 aromatic rings. The van der Waals surface area contributed by atoms with E-state index in [1.165, 1.54) is 10.9 Å². The Balaban J connectivity index is 1.52. The number of H-pyrrole nitrogens is 1. The average Bonchev–Trinajstić information content (AvgIpc) is 3.18. The van der Waals surface area contributed by atoms with Crippen LogP contribution in [0.15, 0.2) is 64.7 Å². The van der Waals surface area contributed by atoms with Gasteiger partial charge in [0.2, 0.25) is 5.91 Å². The highest BCUT2D eigenvalue weighted by Crippen LogP contribution is 2.34. The normalized spacial score (nSPS) is 11.6. The minimum absolute atomic E-state index is 0.0314. The molecule has 0 radical (unpaired) electrons. The zero-order valence-electron chi connectivity index (χ0n) is 16.0. The summed E-state index contributed by atoms with van der Waals surface area (Å²) in [6, 6.07) is 11.7. The molecule has 0 aliphatic heterocycles. The lowest BCUT2D eigenvalue weighted by molar-refractivity contribution is -0.137. The minimum atomic E-state index is -4.57. The maximum Gasteiger partial charge on any atom is 0.416 e. The van der Waals surface area contributed by atoms with Gasteiger partial charge in [0.1, 0.15) is 5.39 Å². The fourth-order valence-electron chi connectivity index (χ4n) is 2.84. The molecule has 0 saturated heterocycles. The van der Waals surface area contributed by atoms with Crippen molar-refractivity contribution >= 4 is 46.0 Å². The maximum absolute atomic E-state index is 12.9. The number of aromatic amines is 1. The molecule has 0 aliphatic carbocycles. The van der Waals surface area contributed by atoms with Crippen LogP contribution in [0, 0.1) is 0 Å². The summed E-state index contributed by atoms with van der Waals surface area (Å²) in [6.45, 7) is 0. The highest BCUT2D eigenvalue weighted by molar-refractivity contribution is 7.99. The van der Waals surface area contributed by atoms with Crippen molar-refractivity contribution in [2.45, 2.75) is 11.3 Å². The standard InChI is InChI=1S/C20H13ClF3N5O2S/c21-14-7-6-11(20(22,23)24)8-15(14)26-16(30)10-32-19-27-17-13(18(31)28-19)9-25-29(17)12-4-2-1-3-5-12/h1-9H,10H2,(H,26,30)(H,27,28,31). The van der Waals surface area contributed by atoms with Crippen LogP contribution in [0.5, 0.6) is 0 Å². The van der Waals surface area contributed by atoms with Gasteiger partial charge >= 0.3 is 6.18 Å². The fraction of sp³-hybridized carbons (Fsp3) is 0.100. The molecule has 2 N–H and O–H groups in total. The Kier molecular flexibility index (Phi) is 5.94. The van der Waals surface area contributed by atoms with Crippen LogP contribution in [0.2, 0.25) is 5.02 Å². The number of rotatable bonds is 5. The lowest BCUT2D eigenvalue weighted by atomic mass is 10.2. The molecular formula is C20H13ClF3N5O2S. The molecule has 1 amide bonds. The summed E-state index contributed by atoms with van der Waals surface area (Å²) in [6.07, 6.45) is -3.18. The van der Waals surface area contributed by atoms with Crippen molar-refractivity contribution in [3.63, 3.8) is 0 Å². The van der Waals surface area contributed by atoms with E-state index in [2.05, 4.69) is 20.4 Å². The van der Waals surface area contributed by atoms with Crippen molar-refractivity contribution in [3.05, 3.63) is 75.7 Å². The third-order valence-electron chi connectivity index (χ3n) is 4.32. The monoisotopic (exact) mass is 479 g/mol. The molecule has 164 valence electrons. The highest BCUT2D eigenvalue weighted by atomic mass is 35.5. The van der Waals surface area contributed by atoms with E-state index in [9.17, 15) is 22.8 Å². The zero-order valence-corrected chi connectivity index (χ0v) is 17.6. The van der Waals surface area contributed by atoms with Gasteiger partial charge in [-0.1, -0.05) is 41.6 Å². The number of benzene rings is 2. The number of halogens is 4. The average molecular weight is 480 g/mol. The molecule has 0 unspecified atom stereocenters. The van der Waals surface area contributed by atoms with E-state index >= 15 is 0 Å². The van der Waals surface area contributed by atoms with Crippen LogP contribution in [-0.2, 0) is 11.0 Å². The molecule has 0 saturated carbocycles. The van der Waals surface area contributed by atoms with Crippen LogP contribution in [0.3, 0.4) is 0 Å². The molecule has 4 rings (SSSR count). The first kappa shape index (κ1) is 21.9. The van der Waals surface area contributed by atoms with Gasteiger partial charge in [0.15, 0.2) is 10.8 Å². The number of carbonyl (C=O) groups is 1. The summed E-state index contributed by atoms with van der Waals surface area (Å²) in [5.74, 6) is -0.837. The molecule has 32 heavy (non-hydrogen) atoms. The third-order valence-corrected chi connectivity index (χ3v) is 5.53. The highest BCUT2D eigenvalue weighted by Gasteiger charge is 2.31. The van der Waals surface area contributed by atoms with Gasteiger partial charge in [0.05, 0.1) is 33.9 Å². The predicted molar refractivity (Wildman–Crippen MR) is 115 cm³/mol. The number of nitrogens with one attached hydrogen (secondary N) is 2. The van der Waals surface area contributed by atoms with Crippen LogP contribution in [0.1, 0.15) is 5.56 Å². The van der Waals surface area contributed by atoms with Gasteiger partial charge in [-0.25, -0.2) is 9.67 Å². The summed E-state index contributed by atoms with van der Waals surface area (Å²) in [5, 5.41) is 6.95. The molecule has 2 aromatic heterocycles. The summed E-state index contributed by atoms with van der Waals surface area (Å²) >= 11 is 6.81. The first-order valence-corrected chi connectivity index (χ1v) is 10.4. The van der Waals surface area contributed by atoms with Crippen LogP contribution >= 0.6 is 23.4 Å². The molecule has 0 atom stereocenters. The first-order chi connectivity index (χ1) is 15.2. The molecule has 0 bridgehead atoms. The number of fused-ring (bicyclic) bond motifs is 1. The second kappa shape index (κ2) is 8.67. The van der Waals surface area contributed by atoms with Gasteiger partial charge in [0.25, 0.3) is 5.56 Å². The predicted octanol–water partition coefficient (Wildman–Crippen LogP) is 4.51. The summed E-state index contributed by atoms with van der Waals surface area (Å²) in [5.41, 5.74) is -0.514. The first-order valence-electron chi connectivity index (χ1n) is 9.05. The SMILES string of the molecule is O=C(CSc1nc2c(cnn2-c2ccccc2)c(=O)[nH]1)Nc1cc(C(F)(F)F)ccc1Cl. The van der Waals surface area contributed by atoms with E-state index < -0.39 is 23.2 Å². The van der Waals surface area contributed by atoms with Gasteiger partial charge in [-0.15, -0.1) is 0 Å². The Morgan fingerprint density at radius 2 is 1.94 bits per heavy atom. The van der Waals surface area contributed by atoms with Crippen LogP contribution in [-0.4, -0.2) is 31.4 Å². The number of anilines is 1. The number of alkyl halides is 3. The summed E-state index contributed by atoms with van der Waals surface area (Å²) in [4.78, 5) is 31.6. The largest absolute Gasteiger partial charge is 0.416 e. The molecule has 2 aromatic carbocycles. The van der Waals surface area contributed by atoms with Crippen LogP contribution in [0.25, 0.3) is 16.7 Å². The molecule has 2 heterocycles. The van der Waals surface area contributed by atoms with E-state index in [4.69, 9.17) is 11.6 Å². The van der Waals surface area contributed by atoms with E-state index in [1.807, 2.05) is 18.2 Å². The van der Waals surface area contributed by atoms with Crippen LogP contribution in [0.4, 0.5) is 18.9 Å². The van der Waals surface area contributed by atoms with E-state index in [-0.39, 0.29) is 27.0 Å². The molecule has 12 heteroatoms. The number of hydrogen-bond acceptors (Lipinski definition) is 5. The minimum Gasteiger partial charge on any atom is -0.324 e. The molecule has 0 fully saturated rings. The lowest BCUT2D eigenvalue weighted by Crippen LogP contribution is -2.16. The van der Waals surface area contributed by atoms with Crippen molar-refractivity contribution in [2.75, 3.05) is 11.1 Å². The lowest BCUT2D eigenvalue weighted by Gasteiger charge is -2.11. The quantitative estimate of drug-likeness (QED) is 0.324. The van der Waals surface area contributed by atoms with Gasteiger partial charge in [-0.05, 0) is 30.3 Å². The second-order valence-corrected chi connectivity index (χ2v) is 7.90. The number of para-hydroxylation sites is 1. The molecule has 0 aliphatic rings. The van der Waals surface area contributed by atoms with Gasteiger partial charge in [0, 0.05) is 0 Å². The van der Waals surface area contributed by atoms with Crippen molar-refractivity contribution in [1.29, 1.82) is 0 Å². The number of aromatic nitrogens is 4. The number of hydrogen-bond donors (Lipinski definition) is 2. The molecule has 0 spiro atoms. The van der Waals surface area contributed by atoms with Crippen LogP contribution < -0.4 is 10.9 Å². The van der Waals surface area contributed by atoms with Crippen molar-refractivity contribution < 1.29 is 18.0 Å². The van der Waals surface area contributed by atoms with E-state index in [0.717, 1.165) is 30.0 Å². The van der Waals surface area contributed by atoms with Crippen molar-refractivity contribution in [3.8, 4) is 5.69 Å². The topological polar surface area (TPSA) is 92.7 Å². The fourth-order valence-corrected chi connectivity index (χ4v) is 3.66. The maximum atomic E-state index is 12.9. The Bertz CT molecular complexity index is 1360. The Morgan fingerprint density at radius 3 is 2.66 bits per heavy atom. The Labute approximate surface area is 187 Å². The Hall–Kier alpha value is -3.31. The third kappa shape index (κ3) is 4.63. The number of amides is 1. The number of nitrogens with zero attached hydrogens (tertiary/aromatic N) is 3. The van der Waals surface area contributed by atoms with Gasteiger partial charge in [-0.3, -0.25) is 9.59 Å². The molecule has 7 nitrogen and oxygen atoms in total. The van der Waals surface area contributed by atoms with E-state index in [0.29, 0.717) is 11.3 Å². The van der Waals surface area contributed by atoms with Crippen molar-refractivity contribution in [1.82, 2.24) is 19.7 Å². The molecular weight excluding hydrogens is 467 g/mol. The van der Waals surface area contributed by atoms with E-state index in [1.54, 1.807) is 12.1 Å². The second-order valence-electron chi connectivity index (χ2n) is 6.53. The summed E-state index contributed by atoms with van der Waals surface area (Å²) < 4.78 is 40.2. The number of thioether (sulfide) groups is 1. The van der Waals surface area contributed by atoms with Gasteiger partial charge < -0.3 is 10.3 Å². The van der Waals surface area contributed by atoms with Crippen molar-refractivity contribution in [2.24, 2.45) is 0 Å². The number of carbonyl (C=O) groups excluding carboxylic acids is 1. The summed E-state index contributed by atoms with van der Waals surface area (Å²) in [7, 11) is 0. The smallest absolute Gasteiger partial charge is 0.324 e. The Morgan fingerprint density at radius 1 is 1.19 bits per heavy atom. The zero-order chi connectivity index (χ0) is 22.9.